The van der Waals surface area contributed by atoms with Crippen LogP contribution >= 0.6 is 11.8 Å². The first-order chi connectivity index (χ1) is 10.6. The molecule has 1 saturated heterocycles. The van der Waals surface area contributed by atoms with Crippen LogP contribution in [0.3, 0.4) is 0 Å². The van der Waals surface area contributed by atoms with E-state index in [1.807, 2.05) is 24.3 Å². The van der Waals surface area contributed by atoms with Gasteiger partial charge < -0.3 is 14.5 Å². The van der Waals surface area contributed by atoms with Crippen LogP contribution in [0.5, 0.6) is 5.75 Å². The highest BCUT2D eigenvalue weighted by Crippen LogP contribution is 2.30. The number of nitrogens with zero attached hydrogens (tertiary/aromatic N) is 2. The van der Waals surface area contributed by atoms with Crippen LogP contribution in [-0.4, -0.2) is 60.0 Å². The fourth-order valence-corrected chi connectivity index (χ4v) is 4.04. The first-order valence-electron chi connectivity index (χ1n) is 7.38. The molecule has 2 heterocycles. The monoisotopic (exact) mass is 320 g/mol. The molecule has 6 heteroatoms. The van der Waals surface area contributed by atoms with Gasteiger partial charge in [-0.2, -0.15) is 0 Å². The molecule has 0 bridgehead atoms. The minimum Gasteiger partial charge on any atom is -0.492 e. The number of fused-ring (bicyclic) bond motifs is 1. The highest BCUT2D eigenvalue weighted by atomic mass is 32.2. The number of benzene rings is 1. The first-order valence-corrected chi connectivity index (χ1v) is 8.53. The van der Waals surface area contributed by atoms with Crippen molar-refractivity contribution in [3.63, 3.8) is 0 Å². The second-order valence-electron chi connectivity index (χ2n) is 5.88. The van der Waals surface area contributed by atoms with Gasteiger partial charge in [-0.05, 0) is 18.1 Å². The van der Waals surface area contributed by atoms with E-state index in [0.717, 1.165) is 11.3 Å². The fraction of sp³-hybridized carbons (Fsp3) is 0.500. The van der Waals surface area contributed by atoms with Crippen molar-refractivity contribution < 1.29 is 14.3 Å². The third kappa shape index (κ3) is 2.79. The zero-order chi connectivity index (χ0) is 15.7. The van der Waals surface area contributed by atoms with Crippen LogP contribution < -0.4 is 4.74 Å². The molecule has 1 fully saturated rings. The third-order valence-corrected chi connectivity index (χ3v) is 5.13. The Morgan fingerprint density at radius 1 is 1.32 bits per heavy atom. The van der Waals surface area contributed by atoms with Gasteiger partial charge >= 0.3 is 0 Å². The van der Waals surface area contributed by atoms with Crippen LogP contribution in [0, 0.1) is 5.92 Å². The van der Waals surface area contributed by atoms with Crippen molar-refractivity contribution in [1.82, 2.24) is 9.80 Å². The number of ether oxygens (including phenoxy) is 1. The Hall–Kier alpha value is -1.69. The minimum absolute atomic E-state index is 0.00419. The summed E-state index contributed by atoms with van der Waals surface area (Å²) in [4.78, 5) is 28.3. The quantitative estimate of drug-likeness (QED) is 0.822. The average Bonchev–Trinajstić information content (AvgIpc) is 3.02. The van der Waals surface area contributed by atoms with Gasteiger partial charge in [0.25, 0.3) is 0 Å². The average molecular weight is 320 g/mol. The zero-order valence-corrected chi connectivity index (χ0v) is 13.6. The maximum Gasteiger partial charge on any atom is 0.245 e. The number of amides is 2. The maximum absolute atomic E-state index is 12.8. The predicted molar refractivity (Wildman–Crippen MR) is 85.8 cm³/mol. The Morgan fingerprint density at radius 3 is 2.86 bits per heavy atom. The molecule has 2 aliphatic heterocycles. The van der Waals surface area contributed by atoms with Gasteiger partial charge in [0.2, 0.25) is 11.8 Å². The third-order valence-electron chi connectivity index (χ3n) is 4.12. The van der Waals surface area contributed by atoms with Gasteiger partial charge in [-0.1, -0.05) is 18.2 Å². The number of hydrogen-bond acceptors (Lipinski definition) is 4. The number of thioether (sulfide) groups is 1. The Morgan fingerprint density at radius 2 is 2.09 bits per heavy atom. The van der Waals surface area contributed by atoms with E-state index >= 15 is 0 Å². The van der Waals surface area contributed by atoms with Crippen LogP contribution in [0.15, 0.2) is 24.3 Å². The smallest absolute Gasteiger partial charge is 0.245 e. The lowest BCUT2D eigenvalue weighted by molar-refractivity contribution is -0.145. The van der Waals surface area contributed by atoms with Crippen molar-refractivity contribution in [2.24, 2.45) is 5.92 Å². The van der Waals surface area contributed by atoms with Gasteiger partial charge in [-0.3, -0.25) is 9.59 Å². The van der Waals surface area contributed by atoms with Gasteiger partial charge in [0.15, 0.2) is 0 Å². The second kappa shape index (κ2) is 6.20. The van der Waals surface area contributed by atoms with Gasteiger partial charge in [-0.15, -0.1) is 11.8 Å². The molecule has 2 amide bonds. The van der Waals surface area contributed by atoms with Gasteiger partial charge in [0.1, 0.15) is 18.4 Å². The van der Waals surface area contributed by atoms with Crippen molar-refractivity contribution >= 4 is 23.6 Å². The van der Waals surface area contributed by atoms with Crippen molar-refractivity contribution in [3.8, 4) is 5.75 Å². The van der Waals surface area contributed by atoms with E-state index in [0.29, 0.717) is 24.7 Å². The Kier molecular flexibility index (Phi) is 4.29. The molecule has 5 nitrogen and oxygen atoms in total. The van der Waals surface area contributed by atoms with Crippen molar-refractivity contribution in [3.05, 3.63) is 29.8 Å². The molecular weight excluding hydrogens is 300 g/mol. The molecule has 2 atom stereocenters. The zero-order valence-electron chi connectivity index (χ0n) is 12.8. The van der Waals surface area contributed by atoms with E-state index in [2.05, 4.69) is 0 Å². The van der Waals surface area contributed by atoms with Crippen molar-refractivity contribution in [2.75, 3.05) is 32.3 Å². The molecular formula is C16H20N2O3S. The Labute approximate surface area is 134 Å². The van der Waals surface area contributed by atoms with E-state index in [1.54, 1.807) is 35.7 Å². The molecule has 118 valence electrons. The molecule has 0 saturated carbocycles. The number of carbonyl (C=O) groups is 2. The first kappa shape index (κ1) is 15.2. The lowest BCUT2D eigenvalue weighted by atomic mass is 9.95. The van der Waals surface area contributed by atoms with Crippen LogP contribution in [0.2, 0.25) is 0 Å². The van der Waals surface area contributed by atoms with Crippen molar-refractivity contribution in [1.29, 1.82) is 0 Å². The van der Waals surface area contributed by atoms with Gasteiger partial charge in [-0.25, -0.2) is 0 Å². The standard InChI is InChI=1S/C16H20N2O3S/c1-17(2)16(20)13-9-22-10-18(13)15(19)12-7-11-5-3-4-6-14(11)21-8-12/h3-6,12-13H,7-10H2,1-2H3/t12-,13-/m0/s1. The molecule has 0 N–H and O–H groups in total. The molecule has 2 aliphatic rings. The predicted octanol–water partition coefficient (Wildman–Crippen LogP) is 1.23. The Balaban J connectivity index is 1.73. The summed E-state index contributed by atoms with van der Waals surface area (Å²) in [7, 11) is 3.46. The van der Waals surface area contributed by atoms with Gasteiger partial charge in [0.05, 0.1) is 11.8 Å². The second-order valence-corrected chi connectivity index (χ2v) is 6.88. The molecule has 0 unspecified atom stereocenters. The van der Waals surface area contributed by atoms with Crippen LogP contribution in [0.1, 0.15) is 5.56 Å². The Bertz CT molecular complexity index is 591. The summed E-state index contributed by atoms with van der Waals surface area (Å²) in [5.41, 5.74) is 1.06. The summed E-state index contributed by atoms with van der Waals surface area (Å²) in [6.45, 7) is 0.389. The SMILES string of the molecule is CN(C)C(=O)[C@@H]1CSCN1C(=O)[C@@H]1COc2ccccc2C1. The maximum atomic E-state index is 12.8. The van der Waals surface area contributed by atoms with Gasteiger partial charge in [0, 0.05) is 19.8 Å². The number of rotatable bonds is 2. The molecule has 3 rings (SSSR count). The lowest BCUT2D eigenvalue weighted by Gasteiger charge is -2.31. The lowest BCUT2D eigenvalue weighted by Crippen LogP contribution is -2.50. The topological polar surface area (TPSA) is 49.9 Å². The van der Waals surface area contributed by atoms with Crippen LogP contribution in [0.25, 0.3) is 0 Å². The summed E-state index contributed by atoms with van der Waals surface area (Å²) in [6, 6.07) is 7.48. The van der Waals surface area contributed by atoms with E-state index in [-0.39, 0.29) is 23.8 Å². The summed E-state index contributed by atoms with van der Waals surface area (Å²) < 4.78 is 5.71. The molecule has 0 spiro atoms. The highest BCUT2D eigenvalue weighted by molar-refractivity contribution is 7.99. The minimum atomic E-state index is -0.343. The number of para-hydroxylation sites is 1. The van der Waals surface area contributed by atoms with Crippen LogP contribution in [-0.2, 0) is 16.0 Å². The van der Waals surface area contributed by atoms with Crippen LogP contribution in [0.4, 0.5) is 0 Å². The van der Waals surface area contributed by atoms with E-state index < -0.39 is 0 Å². The largest absolute Gasteiger partial charge is 0.492 e. The summed E-state index contributed by atoms with van der Waals surface area (Å²) in [5, 5.41) is 0. The molecule has 1 aromatic carbocycles. The summed E-state index contributed by atoms with van der Waals surface area (Å²) >= 11 is 1.63. The number of likely N-dealkylation sites (N-methyl/N-ethyl adjacent to an activating group) is 1. The molecule has 0 radical (unpaired) electrons. The summed E-state index contributed by atoms with van der Waals surface area (Å²) in [5.74, 6) is 1.94. The fourth-order valence-electron chi connectivity index (χ4n) is 2.88. The van der Waals surface area contributed by atoms with Crippen molar-refractivity contribution in [2.45, 2.75) is 12.5 Å². The summed E-state index contributed by atoms with van der Waals surface area (Å²) in [6.07, 6.45) is 0.680. The van der Waals surface area contributed by atoms with E-state index in [9.17, 15) is 9.59 Å². The number of hydrogen-bond donors (Lipinski definition) is 0. The highest BCUT2D eigenvalue weighted by Gasteiger charge is 2.39. The normalized spacial score (nSPS) is 23.6. The van der Waals surface area contributed by atoms with E-state index in [1.165, 1.54) is 0 Å². The molecule has 0 aliphatic carbocycles. The molecule has 0 aromatic heterocycles. The van der Waals surface area contributed by atoms with E-state index in [4.69, 9.17) is 4.74 Å². The number of carbonyl (C=O) groups excluding carboxylic acids is 2. The molecule has 22 heavy (non-hydrogen) atoms. The molecule has 1 aromatic rings.